The highest BCUT2D eigenvalue weighted by atomic mass is 79.9. The third-order valence-electron chi connectivity index (χ3n) is 3.43. The standard InChI is InChI=1S/C16H20BrNO/c1-16(2,3)13(9-17)11-19-14-8-12-6-4-5-7-15(12)18-10-14/h4-8,10,13H,9,11H2,1-3H3. The number of alkyl halides is 1. The Labute approximate surface area is 123 Å². The van der Waals surface area contributed by atoms with Gasteiger partial charge in [-0.05, 0) is 17.5 Å². The van der Waals surface area contributed by atoms with E-state index in [2.05, 4.69) is 53.8 Å². The Morgan fingerprint density at radius 2 is 2.00 bits per heavy atom. The second-order valence-corrected chi connectivity index (χ2v) is 6.54. The molecule has 0 amide bonds. The topological polar surface area (TPSA) is 22.1 Å². The summed E-state index contributed by atoms with van der Waals surface area (Å²) in [7, 11) is 0. The van der Waals surface area contributed by atoms with E-state index in [1.165, 1.54) is 0 Å². The lowest BCUT2D eigenvalue weighted by Gasteiger charge is -2.28. The molecule has 102 valence electrons. The molecule has 0 aliphatic rings. The maximum absolute atomic E-state index is 5.90. The van der Waals surface area contributed by atoms with E-state index in [1.54, 1.807) is 6.20 Å². The molecule has 0 fully saturated rings. The normalized spacial score (nSPS) is 13.5. The molecule has 0 aliphatic carbocycles. The van der Waals surface area contributed by atoms with Gasteiger partial charge in [0.1, 0.15) is 5.75 Å². The summed E-state index contributed by atoms with van der Waals surface area (Å²) in [6.45, 7) is 7.41. The van der Waals surface area contributed by atoms with E-state index < -0.39 is 0 Å². The van der Waals surface area contributed by atoms with Crippen molar-refractivity contribution in [2.45, 2.75) is 20.8 Å². The van der Waals surface area contributed by atoms with E-state index in [1.807, 2.05) is 18.2 Å². The molecule has 0 aliphatic heterocycles. The van der Waals surface area contributed by atoms with E-state index in [9.17, 15) is 0 Å². The molecule has 0 radical (unpaired) electrons. The molecule has 0 spiro atoms. The molecule has 1 unspecified atom stereocenters. The van der Waals surface area contributed by atoms with Gasteiger partial charge in [0.05, 0.1) is 18.3 Å². The van der Waals surface area contributed by atoms with Gasteiger partial charge in [-0.3, -0.25) is 4.98 Å². The monoisotopic (exact) mass is 321 g/mol. The number of nitrogens with zero attached hydrogens (tertiary/aromatic N) is 1. The van der Waals surface area contributed by atoms with E-state index in [0.29, 0.717) is 12.5 Å². The zero-order chi connectivity index (χ0) is 13.9. The van der Waals surface area contributed by atoms with Gasteiger partial charge in [0.2, 0.25) is 0 Å². The summed E-state index contributed by atoms with van der Waals surface area (Å²) in [5.41, 5.74) is 1.23. The third kappa shape index (κ3) is 3.69. The van der Waals surface area contributed by atoms with Crippen LogP contribution in [0.15, 0.2) is 36.5 Å². The molecule has 0 bridgehead atoms. The van der Waals surface area contributed by atoms with Gasteiger partial charge in [0, 0.05) is 16.6 Å². The summed E-state index contributed by atoms with van der Waals surface area (Å²) in [5.74, 6) is 1.31. The molecule has 0 N–H and O–H groups in total. The van der Waals surface area contributed by atoms with Gasteiger partial charge in [-0.1, -0.05) is 54.9 Å². The molecule has 1 aromatic heterocycles. The molecular weight excluding hydrogens is 302 g/mol. The largest absolute Gasteiger partial charge is 0.492 e. The van der Waals surface area contributed by atoms with E-state index in [0.717, 1.165) is 22.0 Å². The number of hydrogen-bond donors (Lipinski definition) is 0. The fraction of sp³-hybridized carbons (Fsp3) is 0.438. The molecule has 3 heteroatoms. The first-order chi connectivity index (χ1) is 9.00. The van der Waals surface area contributed by atoms with E-state index in [4.69, 9.17) is 4.74 Å². The van der Waals surface area contributed by atoms with Gasteiger partial charge in [0.25, 0.3) is 0 Å². The summed E-state index contributed by atoms with van der Waals surface area (Å²) in [6, 6.07) is 10.1. The Bertz CT molecular complexity index is 548. The zero-order valence-corrected chi connectivity index (χ0v) is 13.3. The number of halogens is 1. The highest BCUT2D eigenvalue weighted by molar-refractivity contribution is 9.09. The second-order valence-electron chi connectivity index (χ2n) is 5.89. The van der Waals surface area contributed by atoms with Gasteiger partial charge in [-0.15, -0.1) is 0 Å². The van der Waals surface area contributed by atoms with Crippen molar-refractivity contribution in [1.82, 2.24) is 4.98 Å². The first kappa shape index (κ1) is 14.3. The fourth-order valence-electron chi connectivity index (χ4n) is 1.85. The van der Waals surface area contributed by atoms with Crippen LogP contribution < -0.4 is 4.74 Å². The van der Waals surface area contributed by atoms with Crippen molar-refractivity contribution in [2.24, 2.45) is 11.3 Å². The number of pyridine rings is 1. The van der Waals surface area contributed by atoms with Crippen molar-refractivity contribution in [3.8, 4) is 5.75 Å². The van der Waals surface area contributed by atoms with Crippen molar-refractivity contribution < 1.29 is 4.74 Å². The van der Waals surface area contributed by atoms with Crippen molar-refractivity contribution >= 4 is 26.8 Å². The van der Waals surface area contributed by atoms with Crippen molar-refractivity contribution in [3.63, 3.8) is 0 Å². The minimum absolute atomic E-state index is 0.230. The average Bonchev–Trinajstić information content (AvgIpc) is 2.37. The first-order valence-corrected chi connectivity index (χ1v) is 7.66. The summed E-state index contributed by atoms with van der Waals surface area (Å²) in [4.78, 5) is 4.41. The number of aromatic nitrogens is 1. The number of ether oxygens (including phenoxy) is 1. The molecule has 1 aromatic carbocycles. The predicted molar refractivity (Wildman–Crippen MR) is 84.0 cm³/mol. The lowest BCUT2D eigenvalue weighted by molar-refractivity contribution is 0.166. The quantitative estimate of drug-likeness (QED) is 0.763. The molecule has 2 nitrogen and oxygen atoms in total. The molecule has 1 heterocycles. The van der Waals surface area contributed by atoms with Crippen LogP contribution in [0.1, 0.15) is 20.8 Å². The average molecular weight is 322 g/mol. The molecule has 0 saturated carbocycles. The zero-order valence-electron chi connectivity index (χ0n) is 11.7. The number of hydrogen-bond acceptors (Lipinski definition) is 2. The Kier molecular flexibility index (Phi) is 4.46. The molecule has 1 atom stereocenters. The Balaban J connectivity index is 2.09. The van der Waals surface area contributed by atoms with E-state index >= 15 is 0 Å². The number of rotatable bonds is 4. The van der Waals surface area contributed by atoms with Crippen LogP contribution in [0.5, 0.6) is 5.75 Å². The minimum atomic E-state index is 0.230. The minimum Gasteiger partial charge on any atom is -0.492 e. The van der Waals surface area contributed by atoms with Crippen LogP contribution in [0.3, 0.4) is 0 Å². The van der Waals surface area contributed by atoms with Crippen molar-refractivity contribution in [1.29, 1.82) is 0 Å². The number of benzene rings is 1. The number of fused-ring (bicyclic) bond motifs is 1. The number of para-hydroxylation sites is 1. The third-order valence-corrected chi connectivity index (χ3v) is 4.21. The Hall–Kier alpha value is -1.09. The van der Waals surface area contributed by atoms with Crippen LogP contribution in [0.25, 0.3) is 10.9 Å². The summed E-state index contributed by atoms with van der Waals surface area (Å²) in [6.07, 6.45) is 1.80. The van der Waals surface area contributed by atoms with E-state index in [-0.39, 0.29) is 5.41 Å². The van der Waals surface area contributed by atoms with Gasteiger partial charge in [-0.2, -0.15) is 0 Å². The Morgan fingerprint density at radius 3 is 2.68 bits per heavy atom. The van der Waals surface area contributed by atoms with Crippen LogP contribution in [-0.2, 0) is 0 Å². The maximum atomic E-state index is 5.90. The van der Waals surface area contributed by atoms with Crippen LogP contribution in [0.4, 0.5) is 0 Å². The van der Waals surface area contributed by atoms with Crippen LogP contribution in [-0.4, -0.2) is 16.9 Å². The molecule has 19 heavy (non-hydrogen) atoms. The Morgan fingerprint density at radius 1 is 1.26 bits per heavy atom. The molecule has 2 rings (SSSR count). The molecular formula is C16H20BrNO. The summed E-state index contributed by atoms with van der Waals surface area (Å²) >= 11 is 3.57. The van der Waals surface area contributed by atoms with Crippen LogP contribution in [0, 0.1) is 11.3 Å². The van der Waals surface area contributed by atoms with Gasteiger partial charge < -0.3 is 4.74 Å². The van der Waals surface area contributed by atoms with Crippen molar-refractivity contribution in [3.05, 3.63) is 36.5 Å². The molecule has 0 saturated heterocycles. The summed E-state index contributed by atoms with van der Waals surface area (Å²) in [5, 5.41) is 2.06. The second kappa shape index (κ2) is 5.91. The van der Waals surface area contributed by atoms with Crippen LogP contribution >= 0.6 is 15.9 Å². The lowest BCUT2D eigenvalue weighted by atomic mass is 9.83. The first-order valence-electron chi connectivity index (χ1n) is 6.54. The van der Waals surface area contributed by atoms with Gasteiger partial charge >= 0.3 is 0 Å². The van der Waals surface area contributed by atoms with Crippen LogP contribution in [0.2, 0.25) is 0 Å². The fourth-order valence-corrected chi connectivity index (χ4v) is 3.01. The highest BCUT2D eigenvalue weighted by Gasteiger charge is 2.24. The summed E-state index contributed by atoms with van der Waals surface area (Å²) < 4.78 is 5.90. The maximum Gasteiger partial charge on any atom is 0.138 e. The van der Waals surface area contributed by atoms with Gasteiger partial charge in [-0.25, -0.2) is 0 Å². The lowest BCUT2D eigenvalue weighted by Crippen LogP contribution is -2.27. The molecule has 2 aromatic rings. The smallest absolute Gasteiger partial charge is 0.138 e. The highest BCUT2D eigenvalue weighted by Crippen LogP contribution is 2.28. The van der Waals surface area contributed by atoms with Gasteiger partial charge in [0.15, 0.2) is 0 Å². The SMILES string of the molecule is CC(C)(C)C(CBr)COc1cnc2ccccc2c1. The predicted octanol–water partition coefficient (Wildman–Crippen LogP) is 4.67. The van der Waals surface area contributed by atoms with Crippen molar-refractivity contribution in [2.75, 3.05) is 11.9 Å².